The molecule has 1 aliphatic rings. The molecule has 1 amide bonds. The van der Waals surface area contributed by atoms with Gasteiger partial charge in [-0.25, -0.2) is 9.37 Å². The largest absolute Gasteiger partial charge is 0.322 e. The van der Waals surface area contributed by atoms with E-state index in [9.17, 15) is 14.0 Å². The lowest BCUT2D eigenvalue weighted by Gasteiger charge is -2.18. The number of thiophene rings is 1. The van der Waals surface area contributed by atoms with Crippen molar-refractivity contribution < 1.29 is 9.18 Å². The van der Waals surface area contributed by atoms with Gasteiger partial charge in [-0.2, -0.15) is 0 Å². The molecule has 3 heterocycles. The minimum absolute atomic E-state index is 0.100. The SMILES string of the molecule is Cc1sc2nc(CN3CCCC3)n(CC(=O)Nc3ccccc3F)c(=O)c2c1C. The highest BCUT2D eigenvalue weighted by Crippen LogP contribution is 2.27. The first-order valence-electron chi connectivity index (χ1n) is 9.70. The van der Waals surface area contributed by atoms with E-state index < -0.39 is 11.7 Å². The van der Waals surface area contributed by atoms with E-state index in [1.807, 2.05) is 13.8 Å². The molecule has 6 nitrogen and oxygen atoms in total. The fraction of sp³-hybridized carbons (Fsp3) is 0.381. The van der Waals surface area contributed by atoms with Crippen molar-refractivity contribution in [3.63, 3.8) is 0 Å². The van der Waals surface area contributed by atoms with Gasteiger partial charge in [0.2, 0.25) is 5.91 Å². The maximum Gasteiger partial charge on any atom is 0.263 e. The summed E-state index contributed by atoms with van der Waals surface area (Å²) >= 11 is 1.50. The van der Waals surface area contributed by atoms with Gasteiger partial charge in [0.25, 0.3) is 5.56 Å². The van der Waals surface area contributed by atoms with Crippen molar-refractivity contribution in [2.24, 2.45) is 0 Å². The number of rotatable bonds is 5. The van der Waals surface area contributed by atoms with Crippen LogP contribution >= 0.6 is 11.3 Å². The van der Waals surface area contributed by atoms with Crippen molar-refractivity contribution in [1.82, 2.24) is 14.5 Å². The van der Waals surface area contributed by atoms with Crippen LogP contribution in [0.25, 0.3) is 10.2 Å². The number of nitrogens with one attached hydrogen (secondary N) is 1. The highest BCUT2D eigenvalue weighted by Gasteiger charge is 2.21. The molecule has 0 saturated carbocycles. The fourth-order valence-electron chi connectivity index (χ4n) is 3.69. The summed E-state index contributed by atoms with van der Waals surface area (Å²) in [7, 11) is 0. The number of nitrogens with zero attached hydrogens (tertiary/aromatic N) is 3. The van der Waals surface area contributed by atoms with Crippen LogP contribution in [-0.2, 0) is 17.9 Å². The molecule has 0 unspecified atom stereocenters. The zero-order valence-corrected chi connectivity index (χ0v) is 17.3. The number of carbonyl (C=O) groups is 1. The minimum Gasteiger partial charge on any atom is -0.322 e. The van der Waals surface area contributed by atoms with Crippen molar-refractivity contribution in [1.29, 1.82) is 0 Å². The molecule has 1 aliphatic heterocycles. The summed E-state index contributed by atoms with van der Waals surface area (Å²) < 4.78 is 15.3. The molecule has 2 aromatic heterocycles. The smallest absolute Gasteiger partial charge is 0.263 e. The van der Waals surface area contributed by atoms with Crippen LogP contribution in [0.4, 0.5) is 10.1 Å². The van der Waals surface area contributed by atoms with Gasteiger partial charge in [0.15, 0.2) is 0 Å². The first-order chi connectivity index (χ1) is 13.9. The van der Waals surface area contributed by atoms with Gasteiger partial charge in [-0.1, -0.05) is 12.1 Å². The zero-order chi connectivity index (χ0) is 20.5. The van der Waals surface area contributed by atoms with Gasteiger partial charge in [0, 0.05) is 4.88 Å². The van der Waals surface area contributed by atoms with E-state index in [1.165, 1.54) is 28.0 Å². The standard InChI is InChI=1S/C21H23FN4O2S/c1-13-14(2)29-20-19(13)21(28)26(17(24-20)11-25-9-5-6-10-25)12-18(27)23-16-8-4-3-7-15(16)22/h3-4,7-8H,5-6,9-12H2,1-2H3,(H,23,27). The molecule has 8 heteroatoms. The maximum atomic E-state index is 13.9. The fourth-order valence-corrected chi connectivity index (χ4v) is 4.73. The van der Waals surface area contributed by atoms with Crippen LogP contribution in [0, 0.1) is 19.7 Å². The number of carbonyl (C=O) groups excluding carboxylic acids is 1. The Kier molecular flexibility index (Phi) is 5.47. The Balaban J connectivity index is 1.71. The molecule has 3 aromatic rings. The van der Waals surface area contributed by atoms with Crippen LogP contribution in [0.1, 0.15) is 29.1 Å². The van der Waals surface area contributed by atoms with Crippen molar-refractivity contribution >= 4 is 33.1 Å². The molecule has 152 valence electrons. The topological polar surface area (TPSA) is 67.2 Å². The first-order valence-corrected chi connectivity index (χ1v) is 10.5. The summed E-state index contributed by atoms with van der Waals surface area (Å²) in [5.41, 5.74) is 0.788. The highest BCUT2D eigenvalue weighted by atomic mass is 32.1. The molecular weight excluding hydrogens is 391 g/mol. The Morgan fingerprint density at radius 1 is 1.24 bits per heavy atom. The Bertz CT molecular complexity index is 1130. The van der Waals surface area contributed by atoms with E-state index in [-0.39, 0.29) is 17.8 Å². The number of para-hydroxylation sites is 1. The second kappa shape index (κ2) is 8.04. The monoisotopic (exact) mass is 414 g/mol. The summed E-state index contributed by atoms with van der Waals surface area (Å²) in [6.45, 7) is 6.11. The number of benzene rings is 1. The highest BCUT2D eigenvalue weighted by molar-refractivity contribution is 7.18. The number of likely N-dealkylation sites (tertiary alicyclic amines) is 1. The van der Waals surface area contributed by atoms with Crippen LogP contribution < -0.4 is 10.9 Å². The van der Waals surface area contributed by atoms with Crippen LogP contribution in [-0.4, -0.2) is 33.4 Å². The molecule has 1 saturated heterocycles. The second-order valence-electron chi connectivity index (χ2n) is 7.39. The number of hydrogen-bond acceptors (Lipinski definition) is 5. The molecule has 4 rings (SSSR count). The maximum absolute atomic E-state index is 13.9. The third-order valence-corrected chi connectivity index (χ3v) is 6.48. The van der Waals surface area contributed by atoms with Crippen molar-refractivity contribution in [3.8, 4) is 0 Å². The van der Waals surface area contributed by atoms with E-state index in [2.05, 4.69) is 10.2 Å². The number of hydrogen-bond donors (Lipinski definition) is 1. The van der Waals surface area contributed by atoms with E-state index >= 15 is 0 Å². The second-order valence-corrected chi connectivity index (χ2v) is 8.60. The summed E-state index contributed by atoms with van der Waals surface area (Å²) in [5.74, 6) is -0.386. The summed E-state index contributed by atoms with van der Waals surface area (Å²) in [4.78, 5) is 34.6. The predicted octanol–water partition coefficient (Wildman–Crippen LogP) is 3.45. The number of halogens is 1. The molecule has 1 N–H and O–H groups in total. The number of aromatic nitrogens is 2. The van der Waals surface area contributed by atoms with Crippen molar-refractivity contribution in [2.75, 3.05) is 18.4 Å². The van der Waals surface area contributed by atoms with Crippen LogP contribution in [0.3, 0.4) is 0 Å². The molecule has 1 aromatic carbocycles. The number of amides is 1. The first kappa shape index (κ1) is 19.7. The Morgan fingerprint density at radius 2 is 1.97 bits per heavy atom. The van der Waals surface area contributed by atoms with Gasteiger partial charge in [0.1, 0.15) is 23.0 Å². The molecule has 0 atom stereocenters. The number of anilines is 1. The van der Waals surface area contributed by atoms with E-state index in [4.69, 9.17) is 4.98 Å². The average molecular weight is 415 g/mol. The lowest BCUT2D eigenvalue weighted by atomic mass is 10.2. The normalized spacial score (nSPS) is 14.6. The van der Waals surface area contributed by atoms with Gasteiger partial charge >= 0.3 is 0 Å². The van der Waals surface area contributed by atoms with Crippen LogP contribution in [0.2, 0.25) is 0 Å². The average Bonchev–Trinajstić information content (AvgIpc) is 3.29. The summed E-state index contributed by atoms with van der Waals surface area (Å²) in [6.07, 6.45) is 2.24. The van der Waals surface area contributed by atoms with Crippen molar-refractivity contribution in [2.45, 2.75) is 39.8 Å². The Hall–Kier alpha value is -2.58. The molecular formula is C21H23FN4O2S. The molecule has 0 radical (unpaired) electrons. The van der Waals surface area contributed by atoms with Gasteiger partial charge < -0.3 is 5.32 Å². The Morgan fingerprint density at radius 3 is 2.69 bits per heavy atom. The quantitative estimate of drug-likeness (QED) is 0.694. The van der Waals surface area contributed by atoms with E-state index in [0.717, 1.165) is 36.4 Å². The van der Waals surface area contributed by atoms with E-state index in [1.54, 1.807) is 12.1 Å². The molecule has 0 spiro atoms. The van der Waals surface area contributed by atoms with Crippen molar-refractivity contribution in [3.05, 3.63) is 56.7 Å². The third kappa shape index (κ3) is 3.95. The zero-order valence-electron chi connectivity index (χ0n) is 16.5. The molecule has 1 fully saturated rings. The lowest BCUT2D eigenvalue weighted by molar-refractivity contribution is -0.116. The van der Waals surface area contributed by atoms with Crippen LogP contribution in [0.5, 0.6) is 0 Å². The van der Waals surface area contributed by atoms with Gasteiger partial charge in [-0.05, 0) is 57.5 Å². The third-order valence-electron chi connectivity index (χ3n) is 5.38. The van der Waals surface area contributed by atoms with E-state index in [0.29, 0.717) is 22.6 Å². The number of aryl methyl sites for hydroxylation is 2. The minimum atomic E-state index is -0.511. The Labute approximate surface area is 172 Å². The molecule has 0 aliphatic carbocycles. The van der Waals surface area contributed by atoms with Gasteiger partial charge in [-0.15, -0.1) is 11.3 Å². The van der Waals surface area contributed by atoms with Gasteiger partial charge in [0.05, 0.1) is 17.6 Å². The lowest BCUT2D eigenvalue weighted by Crippen LogP contribution is -2.33. The molecule has 0 bridgehead atoms. The number of fused-ring (bicyclic) bond motifs is 1. The predicted molar refractivity (Wildman–Crippen MR) is 113 cm³/mol. The van der Waals surface area contributed by atoms with Gasteiger partial charge in [-0.3, -0.25) is 19.1 Å². The summed E-state index contributed by atoms with van der Waals surface area (Å²) in [6, 6.07) is 5.98. The summed E-state index contributed by atoms with van der Waals surface area (Å²) in [5, 5.41) is 3.13. The van der Waals surface area contributed by atoms with Crippen LogP contribution in [0.15, 0.2) is 29.1 Å². The molecule has 29 heavy (non-hydrogen) atoms.